The van der Waals surface area contributed by atoms with Crippen molar-refractivity contribution in [2.45, 2.75) is 152 Å². The maximum Gasteiger partial charge on any atom is 0.331 e. The number of ether oxygens (including phenoxy) is 1. The number of aliphatic hydroxyl groups excluding tert-OH is 2. The summed E-state index contributed by atoms with van der Waals surface area (Å²) < 4.78 is 5.93. The second-order valence-electron chi connectivity index (χ2n) is 20.1. The average molecular weight is 767 g/mol. The molecule has 8 aliphatic rings. The summed E-state index contributed by atoms with van der Waals surface area (Å²) in [4.78, 5) is 27.2. The molecule has 0 amide bonds. The zero-order chi connectivity index (χ0) is 39.1. The lowest BCUT2D eigenvalue weighted by atomic mass is 9.34. The van der Waals surface area contributed by atoms with Crippen molar-refractivity contribution in [3.63, 3.8) is 0 Å². The Hall–Kier alpha value is -1.66. The quantitative estimate of drug-likeness (QED) is 0.0662. The third-order valence-corrected chi connectivity index (χ3v) is 18.1. The first kappa shape index (κ1) is 40.1. The van der Waals surface area contributed by atoms with Gasteiger partial charge in [0.25, 0.3) is 0 Å². The van der Waals surface area contributed by atoms with Crippen LogP contribution in [-0.4, -0.2) is 99.6 Å². The molecule has 8 rings (SSSR count). The van der Waals surface area contributed by atoms with Crippen LogP contribution in [0.1, 0.15) is 117 Å². The summed E-state index contributed by atoms with van der Waals surface area (Å²) in [5, 5.41) is 73.1. The molecule has 0 aromatic heterocycles. The molecule has 10 heteroatoms. The van der Waals surface area contributed by atoms with Crippen molar-refractivity contribution in [1.29, 1.82) is 0 Å². The molecule has 1 aliphatic heterocycles. The molecule has 0 saturated heterocycles. The summed E-state index contributed by atoms with van der Waals surface area (Å²) in [6.07, 6.45) is 13.1. The fourth-order valence-corrected chi connectivity index (χ4v) is 15.4. The largest absolute Gasteiger partial charge is 0.450 e. The van der Waals surface area contributed by atoms with E-state index in [4.69, 9.17) is 4.74 Å². The van der Waals surface area contributed by atoms with Gasteiger partial charge in [-0.05, 0) is 105 Å². The number of carbonyl (C=O) groups excluding carboxylic acids is 2. The Bertz CT molecular complexity index is 1550. The van der Waals surface area contributed by atoms with E-state index in [-0.39, 0.29) is 36.5 Å². The number of likely N-dealkylation sites (N-methyl/N-ethyl adjacent to an activating group) is 1. The van der Waals surface area contributed by atoms with Gasteiger partial charge < -0.3 is 45.7 Å². The summed E-state index contributed by atoms with van der Waals surface area (Å²) in [5.74, 6) is -2.63. The lowest BCUT2D eigenvalue weighted by Gasteiger charge is -2.73. The molecule has 0 spiro atoms. The van der Waals surface area contributed by atoms with E-state index in [0.717, 1.165) is 75.5 Å². The number of esters is 1. The van der Waals surface area contributed by atoms with Crippen molar-refractivity contribution in [3.05, 3.63) is 23.3 Å². The van der Waals surface area contributed by atoms with Crippen molar-refractivity contribution in [1.82, 2.24) is 10.6 Å². The summed E-state index contributed by atoms with van der Waals surface area (Å²) in [7, 11) is 1.90. The van der Waals surface area contributed by atoms with Gasteiger partial charge in [-0.25, -0.2) is 4.79 Å². The van der Waals surface area contributed by atoms with Crippen LogP contribution in [0.2, 0.25) is 0 Å². The smallest absolute Gasteiger partial charge is 0.331 e. The van der Waals surface area contributed by atoms with Gasteiger partial charge in [0.05, 0.1) is 23.2 Å². The van der Waals surface area contributed by atoms with Crippen LogP contribution in [0.5, 0.6) is 0 Å². The maximum absolute atomic E-state index is 14.3. The standard InChI is InChI=1S/C45H70N2O8/c1-5-6-7-12-29-22-42(25-48)35-15-16-41(3)37-30(19-31(24-47-18-17-46-4)39-32(37)21-36(49)55-39)23-43(41,52)45(35,54)40(51)34-20-28(26(2)27-10-8-9-11-27)13-14-33(38(29)50)44(34,42)53/h19,21,25-30,33-35,37-40,46-47,50-54H,5-18,20,22-24H2,1-4H3/t26-,28+,29-,30+,33-,34+,35+,37+,38-,39+,40+,41+,42-,43+,44+,45+/m0/s1. The highest BCUT2D eigenvalue weighted by Gasteiger charge is 2.85. The van der Waals surface area contributed by atoms with E-state index < -0.39 is 69.7 Å². The van der Waals surface area contributed by atoms with Crippen molar-refractivity contribution in [2.24, 2.45) is 64.1 Å². The Morgan fingerprint density at radius 1 is 0.982 bits per heavy atom. The highest BCUT2D eigenvalue weighted by atomic mass is 16.5. The van der Waals surface area contributed by atoms with Crippen LogP contribution in [0, 0.1) is 64.1 Å². The van der Waals surface area contributed by atoms with E-state index in [0.29, 0.717) is 44.1 Å². The molecule has 0 aromatic rings. The Labute approximate surface area is 328 Å². The third-order valence-electron chi connectivity index (χ3n) is 18.1. The molecule has 308 valence electrons. The van der Waals surface area contributed by atoms with Gasteiger partial charge in [0.15, 0.2) is 0 Å². The van der Waals surface area contributed by atoms with Gasteiger partial charge in [0.2, 0.25) is 0 Å². The normalized spacial score (nSPS) is 49.4. The Morgan fingerprint density at radius 3 is 2.45 bits per heavy atom. The second kappa shape index (κ2) is 14.6. The van der Waals surface area contributed by atoms with Crippen LogP contribution >= 0.6 is 0 Å². The summed E-state index contributed by atoms with van der Waals surface area (Å²) in [6.45, 7) is 8.48. The number of unbranched alkanes of at least 4 members (excludes halogenated alkanes) is 2. The van der Waals surface area contributed by atoms with Crippen molar-refractivity contribution in [2.75, 3.05) is 26.7 Å². The number of aldehydes is 1. The molecule has 7 N–H and O–H groups in total. The van der Waals surface area contributed by atoms with E-state index >= 15 is 0 Å². The fraction of sp³-hybridized carbons (Fsp3) is 0.867. The number of carbonyl (C=O) groups is 2. The van der Waals surface area contributed by atoms with Gasteiger partial charge in [0.1, 0.15) is 23.6 Å². The van der Waals surface area contributed by atoms with Crippen LogP contribution in [-0.2, 0) is 14.3 Å². The number of fused-ring (bicyclic) bond motifs is 8. The monoisotopic (exact) mass is 767 g/mol. The first-order chi connectivity index (χ1) is 26.3. The van der Waals surface area contributed by atoms with Crippen LogP contribution in [0.3, 0.4) is 0 Å². The second-order valence-corrected chi connectivity index (χ2v) is 20.1. The molecular weight excluding hydrogens is 697 g/mol. The molecule has 1 heterocycles. The lowest BCUT2D eigenvalue weighted by molar-refractivity contribution is -0.377. The van der Waals surface area contributed by atoms with Gasteiger partial charge >= 0.3 is 5.97 Å². The predicted octanol–water partition coefficient (Wildman–Crippen LogP) is 4.21. The van der Waals surface area contributed by atoms with Crippen molar-refractivity contribution in [3.8, 4) is 0 Å². The minimum absolute atomic E-state index is 0.136. The number of aliphatic hydroxyl groups is 5. The zero-order valence-corrected chi connectivity index (χ0v) is 33.8. The number of rotatable bonds is 12. The highest BCUT2D eigenvalue weighted by molar-refractivity contribution is 5.87. The molecular formula is C45H70N2O8. The molecule has 55 heavy (non-hydrogen) atoms. The summed E-state index contributed by atoms with van der Waals surface area (Å²) in [6, 6.07) is 0. The average Bonchev–Trinajstić information content (AvgIpc) is 3.86. The number of hydrogen-bond donors (Lipinski definition) is 7. The highest BCUT2D eigenvalue weighted by Crippen LogP contribution is 2.76. The summed E-state index contributed by atoms with van der Waals surface area (Å²) >= 11 is 0. The van der Waals surface area contributed by atoms with E-state index in [1.165, 1.54) is 12.8 Å². The first-order valence-corrected chi connectivity index (χ1v) is 22.2. The number of nitrogens with one attached hydrogen (secondary N) is 2. The van der Waals surface area contributed by atoms with Crippen LogP contribution < -0.4 is 10.6 Å². The molecule has 6 saturated carbocycles. The van der Waals surface area contributed by atoms with Crippen LogP contribution in [0.4, 0.5) is 0 Å². The summed E-state index contributed by atoms with van der Waals surface area (Å²) in [5.41, 5.74) is -6.38. The van der Waals surface area contributed by atoms with Crippen LogP contribution in [0.25, 0.3) is 0 Å². The third kappa shape index (κ3) is 5.50. The van der Waals surface area contributed by atoms with Crippen molar-refractivity contribution < 1.29 is 39.9 Å². The Kier molecular flexibility index (Phi) is 10.6. The molecule has 0 aromatic carbocycles. The SMILES string of the molecule is CCCCC[C@H]1C[C@]2(C=O)[C@H]3CC[C@]4(C)[C@H]5C6=CC(=O)O[C@@H]6C(CNCCNC)=C[C@@H]5C[C@]4(O)[C@]3(O)[C@H](O)[C@H]3C[C@H]([C@@H](C)C4CCCC4)CC[C@@H]([C@H]1O)[C@@]32O. The molecule has 7 aliphatic carbocycles. The van der Waals surface area contributed by atoms with Gasteiger partial charge in [-0.1, -0.05) is 71.8 Å². The predicted molar refractivity (Wildman–Crippen MR) is 208 cm³/mol. The molecule has 10 nitrogen and oxygen atoms in total. The first-order valence-electron chi connectivity index (χ1n) is 22.2. The minimum atomic E-state index is -2.12. The lowest BCUT2D eigenvalue weighted by Crippen LogP contribution is -2.85. The van der Waals surface area contributed by atoms with E-state index in [2.05, 4.69) is 30.6 Å². The van der Waals surface area contributed by atoms with Gasteiger partial charge in [-0.15, -0.1) is 0 Å². The van der Waals surface area contributed by atoms with Gasteiger partial charge in [0, 0.05) is 48.9 Å². The van der Waals surface area contributed by atoms with Crippen molar-refractivity contribution >= 4 is 12.3 Å². The fourth-order valence-electron chi connectivity index (χ4n) is 15.4. The number of allylic oxidation sites excluding steroid dienone is 1. The Balaban J connectivity index is 1.25. The molecule has 0 bridgehead atoms. The van der Waals surface area contributed by atoms with E-state index in [1.54, 1.807) is 6.08 Å². The molecule has 6 fully saturated rings. The molecule has 0 radical (unpaired) electrons. The van der Waals surface area contributed by atoms with Crippen LogP contribution in [0.15, 0.2) is 23.3 Å². The number of hydrogen-bond acceptors (Lipinski definition) is 10. The maximum atomic E-state index is 14.3. The van der Waals surface area contributed by atoms with Gasteiger partial charge in [-0.2, -0.15) is 0 Å². The Morgan fingerprint density at radius 2 is 1.75 bits per heavy atom. The topological polar surface area (TPSA) is 169 Å². The zero-order valence-electron chi connectivity index (χ0n) is 33.8. The molecule has 16 atom stereocenters. The van der Waals surface area contributed by atoms with Gasteiger partial charge in [-0.3, -0.25) is 0 Å². The van der Waals surface area contributed by atoms with E-state index in [1.807, 2.05) is 14.0 Å². The van der Waals surface area contributed by atoms with E-state index in [9.17, 15) is 35.1 Å². The molecule has 0 unspecified atom stereocenters. The minimum Gasteiger partial charge on any atom is -0.450 e.